The van der Waals surface area contributed by atoms with Crippen molar-refractivity contribution < 1.29 is 0 Å². The topological polar surface area (TPSA) is 49.8 Å². The third-order valence-corrected chi connectivity index (χ3v) is 4.60. The standard InChI is InChI=1S/C22H22N4/c1-13-5-7-17-9-15(3)12-21(19(17)11-13)25-26-22-23-16(4)18-10-14(2)6-8-20(18)24-22/h5-12,25H,1-4H3,(H,23,24,26). The Hall–Kier alpha value is -3.14. The Balaban J connectivity index is 1.69. The number of aryl methyl sites for hydroxylation is 4. The van der Waals surface area contributed by atoms with E-state index in [1.165, 1.54) is 27.5 Å². The Morgan fingerprint density at radius 3 is 2.19 bits per heavy atom. The maximum absolute atomic E-state index is 4.63. The molecule has 2 N–H and O–H groups in total. The molecule has 0 spiro atoms. The molecule has 0 atom stereocenters. The Labute approximate surface area is 153 Å². The van der Waals surface area contributed by atoms with Gasteiger partial charge < -0.3 is 0 Å². The van der Waals surface area contributed by atoms with Gasteiger partial charge >= 0.3 is 0 Å². The number of hydrogen-bond acceptors (Lipinski definition) is 4. The number of benzene rings is 3. The van der Waals surface area contributed by atoms with E-state index < -0.39 is 0 Å². The predicted molar refractivity (Wildman–Crippen MR) is 110 cm³/mol. The smallest absolute Gasteiger partial charge is 0.242 e. The average molecular weight is 342 g/mol. The SMILES string of the molecule is Cc1cc(NNc2nc(C)c3cc(C)ccc3n2)c2cc(C)ccc2c1. The van der Waals surface area contributed by atoms with E-state index in [9.17, 15) is 0 Å². The maximum Gasteiger partial charge on any atom is 0.242 e. The van der Waals surface area contributed by atoms with Crippen molar-refractivity contribution in [3.63, 3.8) is 0 Å². The first kappa shape index (κ1) is 16.3. The van der Waals surface area contributed by atoms with Crippen LogP contribution in [0.1, 0.15) is 22.4 Å². The summed E-state index contributed by atoms with van der Waals surface area (Å²) in [5, 5.41) is 3.48. The van der Waals surface area contributed by atoms with E-state index in [0.29, 0.717) is 5.95 Å². The lowest BCUT2D eigenvalue weighted by molar-refractivity contribution is 1.13. The summed E-state index contributed by atoms with van der Waals surface area (Å²) in [6.45, 7) is 8.30. The van der Waals surface area contributed by atoms with Crippen molar-refractivity contribution in [2.45, 2.75) is 27.7 Å². The van der Waals surface area contributed by atoms with Crippen LogP contribution in [-0.2, 0) is 0 Å². The summed E-state index contributed by atoms with van der Waals surface area (Å²) in [6.07, 6.45) is 0. The van der Waals surface area contributed by atoms with Crippen LogP contribution in [0, 0.1) is 27.7 Å². The lowest BCUT2D eigenvalue weighted by atomic mass is 10.0. The summed E-state index contributed by atoms with van der Waals surface area (Å²) in [6, 6.07) is 17.0. The lowest BCUT2D eigenvalue weighted by Crippen LogP contribution is -2.12. The maximum atomic E-state index is 4.63. The Morgan fingerprint density at radius 2 is 1.38 bits per heavy atom. The summed E-state index contributed by atoms with van der Waals surface area (Å²) in [5.41, 5.74) is 13.1. The zero-order valence-electron chi connectivity index (χ0n) is 15.5. The third kappa shape index (κ3) is 3.06. The molecular formula is C22H22N4. The number of anilines is 2. The van der Waals surface area contributed by atoms with Gasteiger partial charge in [0.05, 0.1) is 16.9 Å². The van der Waals surface area contributed by atoms with Gasteiger partial charge in [-0.05, 0) is 62.9 Å². The second kappa shape index (κ2) is 6.30. The van der Waals surface area contributed by atoms with Crippen LogP contribution in [0.4, 0.5) is 11.6 Å². The minimum absolute atomic E-state index is 0.571. The van der Waals surface area contributed by atoms with Crippen molar-refractivity contribution in [2.24, 2.45) is 0 Å². The van der Waals surface area contributed by atoms with Crippen LogP contribution in [0.3, 0.4) is 0 Å². The molecule has 0 saturated carbocycles. The van der Waals surface area contributed by atoms with Gasteiger partial charge in [-0.15, -0.1) is 0 Å². The van der Waals surface area contributed by atoms with E-state index in [-0.39, 0.29) is 0 Å². The fourth-order valence-corrected chi connectivity index (χ4v) is 3.30. The van der Waals surface area contributed by atoms with E-state index in [4.69, 9.17) is 0 Å². The number of rotatable bonds is 3. The summed E-state index contributed by atoms with van der Waals surface area (Å²) in [5.74, 6) is 0.571. The van der Waals surface area contributed by atoms with Crippen molar-refractivity contribution >= 4 is 33.3 Å². The van der Waals surface area contributed by atoms with Crippen molar-refractivity contribution in [1.82, 2.24) is 9.97 Å². The van der Waals surface area contributed by atoms with E-state index in [1.807, 2.05) is 13.0 Å². The molecule has 4 nitrogen and oxygen atoms in total. The van der Waals surface area contributed by atoms with Gasteiger partial charge in [-0.3, -0.25) is 10.9 Å². The second-order valence-electron chi connectivity index (χ2n) is 6.94. The second-order valence-corrected chi connectivity index (χ2v) is 6.94. The zero-order valence-corrected chi connectivity index (χ0v) is 15.5. The molecule has 4 aromatic rings. The van der Waals surface area contributed by atoms with Crippen molar-refractivity contribution in [3.05, 3.63) is 70.9 Å². The van der Waals surface area contributed by atoms with E-state index in [2.05, 4.69) is 84.1 Å². The highest BCUT2D eigenvalue weighted by molar-refractivity contribution is 5.95. The molecule has 0 fully saturated rings. The first-order chi connectivity index (χ1) is 12.5. The van der Waals surface area contributed by atoms with Gasteiger partial charge in [-0.25, -0.2) is 9.97 Å². The van der Waals surface area contributed by atoms with Crippen LogP contribution in [0.25, 0.3) is 21.7 Å². The van der Waals surface area contributed by atoms with Crippen LogP contribution in [0.2, 0.25) is 0 Å². The molecule has 0 aliphatic rings. The molecule has 4 heteroatoms. The highest BCUT2D eigenvalue weighted by Crippen LogP contribution is 2.27. The zero-order chi connectivity index (χ0) is 18.3. The number of fused-ring (bicyclic) bond motifs is 2. The highest BCUT2D eigenvalue weighted by atomic mass is 15.4. The number of nitrogens with one attached hydrogen (secondary N) is 2. The van der Waals surface area contributed by atoms with Crippen LogP contribution in [0.15, 0.2) is 48.5 Å². The molecule has 4 rings (SSSR count). The fraction of sp³-hybridized carbons (Fsp3) is 0.182. The van der Waals surface area contributed by atoms with E-state index >= 15 is 0 Å². The van der Waals surface area contributed by atoms with Crippen molar-refractivity contribution in [2.75, 3.05) is 10.9 Å². The van der Waals surface area contributed by atoms with Gasteiger partial charge in [0, 0.05) is 10.8 Å². The normalized spacial score (nSPS) is 11.1. The molecule has 0 unspecified atom stereocenters. The van der Waals surface area contributed by atoms with Gasteiger partial charge in [-0.1, -0.05) is 35.4 Å². The minimum atomic E-state index is 0.571. The average Bonchev–Trinajstić information content (AvgIpc) is 2.61. The predicted octanol–water partition coefficient (Wildman–Crippen LogP) is 5.46. The molecule has 3 aromatic carbocycles. The first-order valence-corrected chi connectivity index (χ1v) is 8.78. The largest absolute Gasteiger partial charge is 0.298 e. The van der Waals surface area contributed by atoms with Crippen molar-refractivity contribution in [1.29, 1.82) is 0 Å². The summed E-state index contributed by atoms with van der Waals surface area (Å²) < 4.78 is 0. The molecule has 26 heavy (non-hydrogen) atoms. The number of hydrogen-bond donors (Lipinski definition) is 2. The summed E-state index contributed by atoms with van der Waals surface area (Å²) >= 11 is 0. The van der Waals surface area contributed by atoms with Gasteiger partial charge in [0.2, 0.25) is 5.95 Å². The van der Waals surface area contributed by atoms with Gasteiger partial charge in [-0.2, -0.15) is 0 Å². The molecule has 0 saturated heterocycles. The molecule has 0 aliphatic carbocycles. The van der Waals surface area contributed by atoms with Crippen molar-refractivity contribution in [3.8, 4) is 0 Å². The van der Waals surface area contributed by atoms with Crippen LogP contribution in [-0.4, -0.2) is 9.97 Å². The van der Waals surface area contributed by atoms with E-state index in [0.717, 1.165) is 22.3 Å². The number of nitrogens with zero attached hydrogens (tertiary/aromatic N) is 2. The fourth-order valence-electron chi connectivity index (χ4n) is 3.30. The molecule has 0 aliphatic heterocycles. The van der Waals surface area contributed by atoms with E-state index in [1.54, 1.807) is 0 Å². The quantitative estimate of drug-likeness (QED) is 0.486. The number of hydrazine groups is 1. The molecule has 0 radical (unpaired) electrons. The van der Waals surface area contributed by atoms with Crippen LogP contribution in [0.5, 0.6) is 0 Å². The monoisotopic (exact) mass is 342 g/mol. The Bertz CT molecular complexity index is 1130. The molecule has 130 valence electrons. The molecule has 1 aromatic heterocycles. The van der Waals surface area contributed by atoms with Gasteiger partial charge in [0.25, 0.3) is 0 Å². The lowest BCUT2D eigenvalue weighted by Gasteiger charge is -2.14. The Kier molecular flexibility index (Phi) is 3.96. The number of aromatic nitrogens is 2. The van der Waals surface area contributed by atoms with Gasteiger partial charge in [0.15, 0.2) is 0 Å². The first-order valence-electron chi connectivity index (χ1n) is 8.78. The third-order valence-electron chi connectivity index (χ3n) is 4.60. The van der Waals surface area contributed by atoms with Gasteiger partial charge in [0.1, 0.15) is 0 Å². The minimum Gasteiger partial charge on any atom is -0.298 e. The van der Waals surface area contributed by atoms with Crippen LogP contribution >= 0.6 is 0 Å². The molecule has 0 amide bonds. The highest BCUT2D eigenvalue weighted by Gasteiger charge is 2.07. The molecular weight excluding hydrogens is 320 g/mol. The summed E-state index contributed by atoms with van der Waals surface area (Å²) in [4.78, 5) is 9.22. The molecule has 1 heterocycles. The Morgan fingerprint density at radius 1 is 0.654 bits per heavy atom. The molecule has 0 bridgehead atoms. The van der Waals surface area contributed by atoms with Crippen LogP contribution < -0.4 is 10.9 Å². The summed E-state index contributed by atoms with van der Waals surface area (Å²) in [7, 11) is 0.